The Labute approximate surface area is 142 Å². The average Bonchev–Trinajstić information content (AvgIpc) is 2.56. The number of rotatable bonds is 5. The molecule has 0 heterocycles. The third kappa shape index (κ3) is 4.27. The molecular formula is C18H14BrFN2O. The molecule has 5 heteroatoms. The maximum Gasteiger partial charge on any atom is 0.255 e. The summed E-state index contributed by atoms with van der Waals surface area (Å²) in [5.74, 6) is -0.755. The van der Waals surface area contributed by atoms with Crippen LogP contribution in [0.4, 0.5) is 4.39 Å². The zero-order valence-corrected chi connectivity index (χ0v) is 13.9. The van der Waals surface area contributed by atoms with Crippen LogP contribution in [0.1, 0.15) is 21.5 Å². The molecule has 0 atom stereocenters. The van der Waals surface area contributed by atoms with Gasteiger partial charge in [0.05, 0.1) is 17.2 Å². The second-order valence-corrected chi connectivity index (χ2v) is 5.76. The molecule has 0 radical (unpaired) electrons. The molecule has 1 amide bonds. The summed E-state index contributed by atoms with van der Waals surface area (Å²) in [4.78, 5) is 14.2. The highest BCUT2D eigenvalue weighted by molar-refractivity contribution is 9.10. The van der Waals surface area contributed by atoms with E-state index in [0.717, 1.165) is 5.56 Å². The van der Waals surface area contributed by atoms with E-state index in [-0.39, 0.29) is 11.5 Å². The van der Waals surface area contributed by atoms with E-state index in [1.54, 1.807) is 35.2 Å². The van der Waals surface area contributed by atoms with Crippen molar-refractivity contribution in [3.05, 3.63) is 82.1 Å². The molecule has 0 saturated heterocycles. The highest BCUT2D eigenvalue weighted by Gasteiger charge is 2.18. The molecule has 2 aromatic carbocycles. The normalized spacial score (nSPS) is 9.96. The van der Waals surface area contributed by atoms with Crippen molar-refractivity contribution < 1.29 is 9.18 Å². The Morgan fingerprint density at radius 3 is 2.61 bits per heavy atom. The Kier molecular flexibility index (Phi) is 5.67. The van der Waals surface area contributed by atoms with Crippen molar-refractivity contribution in [1.29, 1.82) is 5.26 Å². The van der Waals surface area contributed by atoms with E-state index >= 15 is 0 Å². The van der Waals surface area contributed by atoms with Crippen molar-refractivity contribution in [2.75, 3.05) is 6.54 Å². The molecule has 0 N–H and O–H groups in total. The second-order valence-electron chi connectivity index (χ2n) is 4.91. The van der Waals surface area contributed by atoms with Crippen molar-refractivity contribution in [2.24, 2.45) is 0 Å². The Bertz CT molecular complexity index is 766. The molecule has 0 spiro atoms. The number of hydrogen-bond donors (Lipinski definition) is 0. The van der Waals surface area contributed by atoms with Crippen LogP contribution in [-0.4, -0.2) is 17.4 Å². The van der Waals surface area contributed by atoms with E-state index < -0.39 is 5.82 Å². The van der Waals surface area contributed by atoms with Gasteiger partial charge in [-0.15, -0.1) is 6.58 Å². The lowest BCUT2D eigenvalue weighted by atomic mass is 10.1. The number of carbonyl (C=O) groups is 1. The van der Waals surface area contributed by atoms with E-state index in [2.05, 4.69) is 28.6 Å². The molecule has 0 fully saturated rings. The van der Waals surface area contributed by atoms with Gasteiger partial charge < -0.3 is 4.90 Å². The highest BCUT2D eigenvalue weighted by atomic mass is 79.9. The first-order valence-electron chi connectivity index (χ1n) is 6.89. The fraction of sp³-hybridized carbons (Fsp3) is 0.111. The monoisotopic (exact) mass is 372 g/mol. The van der Waals surface area contributed by atoms with Crippen LogP contribution < -0.4 is 0 Å². The van der Waals surface area contributed by atoms with Gasteiger partial charge in [0.2, 0.25) is 0 Å². The van der Waals surface area contributed by atoms with Crippen molar-refractivity contribution in [3.63, 3.8) is 0 Å². The topological polar surface area (TPSA) is 44.1 Å². The third-order valence-electron chi connectivity index (χ3n) is 3.25. The molecule has 0 aliphatic rings. The smallest absolute Gasteiger partial charge is 0.255 e. The van der Waals surface area contributed by atoms with Gasteiger partial charge in [0, 0.05) is 17.6 Å². The molecule has 0 aliphatic carbocycles. The second kappa shape index (κ2) is 7.70. The largest absolute Gasteiger partial charge is 0.331 e. The summed E-state index contributed by atoms with van der Waals surface area (Å²) in [7, 11) is 0. The van der Waals surface area contributed by atoms with Crippen LogP contribution in [0.25, 0.3) is 0 Å². The molecule has 2 rings (SSSR count). The lowest BCUT2D eigenvalue weighted by Gasteiger charge is -2.22. The zero-order chi connectivity index (χ0) is 16.8. The standard InChI is InChI=1S/C18H14BrFN2O/c1-2-9-22(12-14-5-3-13(11-21)4-6-14)18(23)16-10-15(20)7-8-17(16)19/h2-8,10H,1,9,12H2. The van der Waals surface area contributed by atoms with Crippen LogP contribution in [0.5, 0.6) is 0 Å². The lowest BCUT2D eigenvalue weighted by Crippen LogP contribution is -2.31. The molecule has 2 aromatic rings. The van der Waals surface area contributed by atoms with Gasteiger partial charge in [-0.1, -0.05) is 18.2 Å². The van der Waals surface area contributed by atoms with Gasteiger partial charge in [0.25, 0.3) is 5.91 Å². The van der Waals surface area contributed by atoms with Crippen LogP contribution in [0.2, 0.25) is 0 Å². The van der Waals surface area contributed by atoms with Gasteiger partial charge in [-0.3, -0.25) is 4.79 Å². The van der Waals surface area contributed by atoms with Crippen LogP contribution in [-0.2, 0) is 6.54 Å². The summed E-state index contributed by atoms with van der Waals surface area (Å²) in [5, 5.41) is 8.82. The minimum absolute atomic E-state index is 0.264. The number of nitriles is 1. The zero-order valence-electron chi connectivity index (χ0n) is 12.3. The van der Waals surface area contributed by atoms with Crippen LogP contribution in [0.15, 0.2) is 59.6 Å². The van der Waals surface area contributed by atoms with E-state index in [9.17, 15) is 9.18 Å². The minimum Gasteiger partial charge on any atom is -0.331 e. The number of hydrogen-bond acceptors (Lipinski definition) is 2. The number of carbonyl (C=O) groups excluding carboxylic acids is 1. The molecule has 0 aliphatic heterocycles. The fourth-order valence-electron chi connectivity index (χ4n) is 2.11. The molecule has 0 saturated carbocycles. The Balaban J connectivity index is 2.26. The molecule has 23 heavy (non-hydrogen) atoms. The molecule has 0 aromatic heterocycles. The maximum absolute atomic E-state index is 13.4. The Morgan fingerprint density at radius 1 is 1.30 bits per heavy atom. The van der Waals surface area contributed by atoms with Crippen LogP contribution in [0, 0.1) is 17.1 Å². The van der Waals surface area contributed by atoms with Crippen molar-refractivity contribution in [2.45, 2.75) is 6.54 Å². The fourth-order valence-corrected chi connectivity index (χ4v) is 2.53. The molecular weight excluding hydrogens is 359 g/mol. The van der Waals surface area contributed by atoms with Crippen molar-refractivity contribution in [3.8, 4) is 6.07 Å². The summed E-state index contributed by atoms with van der Waals surface area (Å²) in [6.45, 7) is 4.34. The number of amides is 1. The number of benzene rings is 2. The predicted molar refractivity (Wildman–Crippen MR) is 90.2 cm³/mol. The summed E-state index contributed by atoms with van der Waals surface area (Å²) in [6.07, 6.45) is 1.62. The summed E-state index contributed by atoms with van der Waals surface area (Å²) < 4.78 is 14.0. The average molecular weight is 373 g/mol. The number of halogens is 2. The van der Waals surface area contributed by atoms with Crippen molar-refractivity contribution >= 4 is 21.8 Å². The Morgan fingerprint density at radius 2 is 2.00 bits per heavy atom. The quantitative estimate of drug-likeness (QED) is 0.734. The van der Waals surface area contributed by atoms with Gasteiger partial charge in [-0.2, -0.15) is 5.26 Å². The number of nitrogens with zero attached hydrogens (tertiary/aromatic N) is 2. The molecule has 116 valence electrons. The third-order valence-corrected chi connectivity index (χ3v) is 3.94. The SMILES string of the molecule is C=CCN(Cc1ccc(C#N)cc1)C(=O)c1cc(F)ccc1Br. The Hall–Kier alpha value is -2.45. The van der Waals surface area contributed by atoms with E-state index in [1.807, 2.05) is 0 Å². The molecule has 0 unspecified atom stereocenters. The highest BCUT2D eigenvalue weighted by Crippen LogP contribution is 2.21. The van der Waals surface area contributed by atoms with Gasteiger partial charge >= 0.3 is 0 Å². The minimum atomic E-state index is -0.464. The maximum atomic E-state index is 13.4. The first-order chi connectivity index (χ1) is 11.0. The van der Waals surface area contributed by atoms with Crippen LogP contribution in [0.3, 0.4) is 0 Å². The van der Waals surface area contributed by atoms with E-state index in [0.29, 0.717) is 23.1 Å². The van der Waals surface area contributed by atoms with Gasteiger partial charge in [-0.25, -0.2) is 4.39 Å². The molecule has 0 bridgehead atoms. The van der Waals surface area contributed by atoms with Gasteiger partial charge in [-0.05, 0) is 51.8 Å². The van der Waals surface area contributed by atoms with Gasteiger partial charge in [0.15, 0.2) is 0 Å². The predicted octanol–water partition coefficient (Wildman–Crippen LogP) is 4.29. The van der Waals surface area contributed by atoms with Crippen molar-refractivity contribution in [1.82, 2.24) is 4.90 Å². The van der Waals surface area contributed by atoms with E-state index in [1.165, 1.54) is 18.2 Å². The van der Waals surface area contributed by atoms with E-state index in [4.69, 9.17) is 5.26 Å². The first-order valence-corrected chi connectivity index (χ1v) is 7.68. The summed E-state index contributed by atoms with van der Waals surface area (Å²) in [6, 6.07) is 13.0. The first kappa shape index (κ1) is 16.9. The lowest BCUT2D eigenvalue weighted by molar-refractivity contribution is 0.0761. The van der Waals surface area contributed by atoms with Crippen LogP contribution >= 0.6 is 15.9 Å². The summed E-state index contributed by atoms with van der Waals surface area (Å²) in [5.41, 5.74) is 1.70. The summed E-state index contributed by atoms with van der Waals surface area (Å²) >= 11 is 3.28. The van der Waals surface area contributed by atoms with Gasteiger partial charge in [0.1, 0.15) is 5.82 Å². The molecule has 3 nitrogen and oxygen atoms in total.